The van der Waals surface area contributed by atoms with Crippen molar-refractivity contribution in [2.75, 3.05) is 40.4 Å². The number of methoxy groups -OCH3 is 2. The van der Waals surface area contributed by atoms with Gasteiger partial charge in [-0.2, -0.15) is 0 Å². The van der Waals surface area contributed by atoms with E-state index in [9.17, 15) is 9.18 Å². The van der Waals surface area contributed by atoms with E-state index in [0.717, 1.165) is 36.1 Å². The lowest BCUT2D eigenvalue weighted by Crippen LogP contribution is -2.48. The summed E-state index contributed by atoms with van der Waals surface area (Å²) in [5, 5.41) is 0. The van der Waals surface area contributed by atoms with Crippen LogP contribution in [0.5, 0.6) is 11.5 Å². The summed E-state index contributed by atoms with van der Waals surface area (Å²) >= 11 is 0. The number of benzene rings is 2. The minimum absolute atomic E-state index is 0.0507. The highest BCUT2D eigenvalue weighted by Gasteiger charge is 2.25. The summed E-state index contributed by atoms with van der Waals surface area (Å²) < 4.78 is 25.4. The zero-order chi connectivity index (χ0) is 25.5. The van der Waals surface area contributed by atoms with Crippen molar-refractivity contribution < 1.29 is 18.7 Å². The highest BCUT2D eigenvalue weighted by molar-refractivity contribution is 5.96. The maximum absolute atomic E-state index is 14.1. The third-order valence-corrected chi connectivity index (χ3v) is 6.69. The molecule has 0 saturated carbocycles. The van der Waals surface area contributed by atoms with E-state index in [-0.39, 0.29) is 11.7 Å². The lowest BCUT2D eigenvalue weighted by molar-refractivity contribution is 0.0626. The SMILES string of the molecule is CCCCc1ncc(C(=O)N2CCN(Cc3ccccc3F)CC2)cc1-c1c(OC)cccc1OC. The molecule has 3 aromatic rings. The number of piperazine rings is 1. The van der Waals surface area contributed by atoms with Crippen LogP contribution in [0.1, 0.15) is 41.4 Å². The van der Waals surface area contributed by atoms with Crippen LogP contribution in [0.4, 0.5) is 4.39 Å². The molecule has 0 bridgehead atoms. The molecule has 0 atom stereocenters. The number of rotatable bonds is 9. The zero-order valence-corrected chi connectivity index (χ0v) is 21.3. The number of pyridine rings is 1. The molecule has 0 N–H and O–H groups in total. The van der Waals surface area contributed by atoms with Gasteiger partial charge in [-0.15, -0.1) is 0 Å². The van der Waals surface area contributed by atoms with Gasteiger partial charge < -0.3 is 14.4 Å². The quantitative estimate of drug-likeness (QED) is 0.412. The van der Waals surface area contributed by atoms with Crippen LogP contribution < -0.4 is 9.47 Å². The molecule has 1 aromatic heterocycles. The molecular weight excluding hydrogens is 457 g/mol. The molecule has 36 heavy (non-hydrogen) atoms. The van der Waals surface area contributed by atoms with Crippen molar-refractivity contribution in [2.24, 2.45) is 0 Å². The van der Waals surface area contributed by atoms with Crippen molar-refractivity contribution in [1.82, 2.24) is 14.8 Å². The fourth-order valence-corrected chi connectivity index (χ4v) is 4.65. The summed E-state index contributed by atoms with van der Waals surface area (Å²) in [5.74, 6) is 1.12. The van der Waals surface area contributed by atoms with Crippen molar-refractivity contribution in [3.8, 4) is 22.6 Å². The lowest BCUT2D eigenvalue weighted by atomic mass is 9.97. The van der Waals surface area contributed by atoms with Crippen LogP contribution in [0.2, 0.25) is 0 Å². The standard InChI is InChI=1S/C29H34FN3O3/c1-4-5-11-25-23(28-26(35-2)12-8-13-27(28)36-3)18-22(19-31-25)29(34)33-16-14-32(15-17-33)20-21-9-6-7-10-24(21)30/h6-10,12-13,18-19H,4-5,11,14-17,20H2,1-3H3. The van der Waals surface area contributed by atoms with E-state index in [1.165, 1.54) is 6.07 Å². The summed E-state index contributed by atoms with van der Waals surface area (Å²) in [6.07, 6.45) is 4.53. The molecular formula is C29H34FN3O3. The first kappa shape index (κ1) is 25.6. The molecule has 0 aliphatic carbocycles. The van der Waals surface area contributed by atoms with Gasteiger partial charge in [-0.1, -0.05) is 37.6 Å². The Balaban J connectivity index is 1.56. The summed E-state index contributed by atoms with van der Waals surface area (Å²) in [5.41, 5.74) is 3.82. The van der Waals surface area contributed by atoms with Crippen molar-refractivity contribution in [1.29, 1.82) is 0 Å². The zero-order valence-electron chi connectivity index (χ0n) is 21.3. The molecule has 1 fully saturated rings. The Hall–Kier alpha value is -3.45. The molecule has 1 aliphatic rings. The van der Waals surface area contributed by atoms with Gasteiger partial charge in [-0.05, 0) is 37.1 Å². The fraction of sp³-hybridized carbons (Fsp3) is 0.379. The van der Waals surface area contributed by atoms with E-state index < -0.39 is 0 Å². The minimum Gasteiger partial charge on any atom is -0.496 e. The van der Waals surface area contributed by atoms with Crippen LogP contribution in [0.3, 0.4) is 0 Å². The van der Waals surface area contributed by atoms with Crippen LogP contribution in [-0.4, -0.2) is 61.1 Å². The molecule has 4 rings (SSSR count). The molecule has 6 nitrogen and oxygen atoms in total. The smallest absolute Gasteiger partial charge is 0.255 e. The van der Waals surface area contributed by atoms with Crippen molar-refractivity contribution in [2.45, 2.75) is 32.7 Å². The van der Waals surface area contributed by atoms with Crippen LogP contribution >= 0.6 is 0 Å². The molecule has 2 aromatic carbocycles. The highest BCUT2D eigenvalue weighted by Crippen LogP contribution is 2.40. The molecule has 7 heteroatoms. The van der Waals surface area contributed by atoms with Gasteiger partial charge in [0, 0.05) is 55.7 Å². The minimum atomic E-state index is -0.190. The number of unbranched alkanes of at least 4 members (excludes halogenated alkanes) is 1. The molecule has 190 valence electrons. The Morgan fingerprint density at radius 3 is 2.33 bits per heavy atom. The number of aryl methyl sites for hydroxylation is 1. The summed E-state index contributed by atoms with van der Waals surface area (Å²) in [6, 6.07) is 14.4. The van der Waals surface area contributed by atoms with E-state index >= 15 is 0 Å². The fourth-order valence-electron chi connectivity index (χ4n) is 4.65. The number of carbonyl (C=O) groups is 1. The van der Waals surface area contributed by atoms with Gasteiger partial charge in [-0.3, -0.25) is 14.7 Å². The van der Waals surface area contributed by atoms with Crippen molar-refractivity contribution in [3.63, 3.8) is 0 Å². The van der Waals surface area contributed by atoms with E-state index in [0.29, 0.717) is 55.3 Å². The number of hydrogen-bond acceptors (Lipinski definition) is 5. The van der Waals surface area contributed by atoms with Gasteiger partial charge in [0.1, 0.15) is 17.3 Å². The Labute approximate surface area is 212 Å². The number of amides is 1. The number of nitrogens with zero attached hydrogens (tertiary/aromatic N) is 3. The predicted molar refractivity (Wildman–Crippen MR) is 139 cm³/mol. The van der Waals surface area contributed by atoms with Gasteiger partial charge in [0.2, 0.25) is 0 Å². The van der Waals surface area contributed by atoms with Gasteiger partial charge in [0.05, 0.1) is 25.3 Å². The maximum Gasteiger partial charge on any atom is 0.255 e. The van der Waals surface area contributed by atoms with E-state index in [2.05, 4.69) is 11.8 Å². The number of aromatic nitrogens is 1. The van der Waals surface area contributed by atoms with Crippen LogP contribution in [-0.2, 0) is 13.0 Å². The second-order valence-corrected chi connectivity index (χ2v) is 9.02. The molecule has 0 spiro atoms. The third kappa shape index (κ3) is 5.68. The van der Waals surface area contributed by atoms with Gasteiger partial charge in [-0.25, -0.2) is 4.39 Å². The second-order valence-electron chi connectivity index (χ2n) is 9.02. The first-order chi connectivity index (χ1) is 17.5. The average Bonchev–Trinajstić information content (AvgIpc) is 2.92. The highest BCUT2D eigenvalue weighted by atomic mass is 19.1. The first-order valence-electron chi connectivity index (χ1n) is 12.5. The Kier molecular flexibility index (Phi) is 8.54. The largest absolute Gasteiger partial charge is 0.496 e. The normalized spacial score (nSPS) is 14.1. The molecule has 1 amide bonds. The van der Waals surface area contributed by atoms with E-state index in [1.54, 1.807) is 26.5 Å². The topological polar surface area (TPSA) is 54.9 Å². The van der Waals surface area contributed by atoms with E-state index in [1.807, 2.05) is 41.3 Å². The predicted octanol–water partition coefficient (Wildman–Crippen LogP) is 5.21. The van der Waals surface area contributed by atoms with Crippen molar-refractivity contribution in [3.05, 3.63) is 77.4 Å². The second kappa shape index (κ2) is 12.0. The lowest BCUT2D eigenvalue weighted by Gasteiger charge is -2.35. The van der Waals surface area contributed by atoms with Gasteiger partial charge >= 0.3 is 0 Å². The van der Waals surface area contributed by atoms with Gasteiger partial charge in [0.25, 0.3) is 5.91 Å². The Morgan fingerprint density at radius 1 is 1.00 bits per heavy atom. The average molecular weight is 492 g/mol. The van der Waals surface area contributed by atoms with Crippen molar-refractivity contribution >= 4 is 5.91 Å². The van der Waals surface area contributed by atoms with Crippen LogP contribution in [0.15, 0.2) is 54.7 Å². The maximum atomic E-state index is 14.1. The summed E-state index contributed by atoms with van der Waals surface area (Å²) in [4.78, 5) is 22.2. The molecule has 1 saturated heterocycles. The molecule has 2 heterocycles. The Morgan fingerprint density at radius 2 is 1.69 bits per heavy atom. The molecule has 0 radical (unpaired) electrons. The number of carbonyl (C=O) groups excluding carboxylic acids is 1. The number of hydrogen-bond donors (Lipinski definition) is 0. The number of ether oxygens (including phenoxy) is 2. The summed E-state index contributed by atoms with van der Waals surface area (Å²) in [7, 11) is 3.26. The van der Waals surface area contributed by atoms with Gasteiger partial charge in [0.15, 0.2) is 0 Å². The monoisotopic (exact) mass is 491 g/mol. The molecule has 1 aliphatic heterocycles. The Bertz CT molecular complexity index is 1170. The molecule has 0 unspecified atom stereocenters. The third-order valence-electron chi connectivity index (χ3n) is 6.69. The first-order valence-corrected chi connectivity index (χ1v) is 12.5. The van der Waals surface area contributed by atoms with Crippen LogP contribution in [0.25, 0.3) is 11.1 Å². The van der Waals surface area contributed by atoms with Crippen LogP contribution in [0, 0.1) is 5.82 Å². The number of halogens is 1. The van der Waals surface area contributed by atoms with E-state index in [4.69, 9.17) is 14.5 Å². The summed E-state index contributed by atoms with van der Waals surface area (Å²) in [6.45, 7) is 5.23.